The van der Waals surface area contributed by atoms with Crippen LogP contribution in [0.4, 0.5) is 10.5 Å². The highest BCUT2D eigenvalue weighted by Gasteiger charge is 2.25. The van der Waals surface area contributed by atoms with Crippen molar-refractivity contribution in [3.63, 3.8) is 0 Å². The van der Waals surface area contributed by atoms with Crippen molar-refractivity contribution >= 4 is 21.8 Å². The van der Waals surface area contributed by atoms with Crippen LogP contribution in [-0.2, 0) is 23.0 Å². The molecule has 2 heterocycles. The van der Waals surface area contributed by atoms with Gasteiger partial charge in [-0.25, -0.2) is 4.79 Å². The van der Waals surface area contributed by atoms with Crippen LogP contribution in [0.25, 0.3) is 0 Å². The van der Waals surface area contributed by atoms with Gasteiger partial charge < -0.3 is 10.0 Å². The van der Waals surface area contributed by atoms with Crippen LogP contribution >= 0.6 is 0 Å². The summed E-state index contributed by atoms with van der Waals surface area (Å²) in [6.45, 7) is 4.41. The number of aromatic amines is 1. The van der Waals surface area contributed by atoms with E-state index in [1.165, 1.54) is 11.0 Å². The third kappa shape index (κ3) is 3.46. The number of nitrogens with one attached hydrogen (secondary N) is 2. The lowest BCUT2D eigenvalue weighted by molar-refractivity contribution is 0.140. The van der Waals surface area contributed by atoms with Crippen molar-refractivity contribution in [1.29, 1.82) is 0 Å². The van der Waals surface area contributed by atoms with Crippen molar-refractivity contribution in [1.82, 2.24) is 15.1 Å². The lowest BCUT2D eigenvalue weighted by atomic mass is 9.98. The first kappa shape index (κ1) is 17.3. The number of anilines is 1. The van der Waals surface area contributed by atoms with Crippen LogP contribution in [0.5, 0.6) is 0 Å². The largest absolute Gasteiger partial charge is 0.465 e. The molecule has 0 atom stereocenters. The molecule has 134 valence electrons. The van der Waals surface area contributed by atoms with E-state index in [2.05, 4.69) is 14.9 Å². The van der Waals surface area contributed by atoms with E-state index in [9.17, 15) is 18.3 Å². The number of rotatable bonds is 4. The maximum Gasteiger partial charge on any atom is 0.407 e. The summed E-state index contributed by atoms with van der Waals surface area (Å²) >= 11 is 0. The second-order valence-corrected chi connectivity index (χ2v) is 7.97. The Morgan fingerprint density at radius 2 is 2.16 bits per heavy atom. The zero-order valence-corrected chi connectivity index (χ0v) is 14.8. The summed E-state index contributed by atoms with van der Waals surface area (Å²) in [6.07, 6.45) is -0.461. The number of hydrogen-bond acceptors (Lipinski definition) is 4. The maximum atomic E-state index is 12.6. The van der Waals surface area contributed by atoms with Crippen molar-refractivity contribution in [2.24, 2.45) is 0 Å². The molecule has 1 aliphatic heterocycles. The van der Waals surface area contributed by atoms with E-state index in [0.717, 1.165) is 5.56 Å². The monoisotopic (exact) mass is 364 g/mol. The van der Waals surface area contributed by atoms with E-state index in [-0.39, 0.29) is 17.5 Å². The standard InChI is InChI=1S/C16H20N4O4S/c1-10(2)14-8-15(18-17-14)25(23,24)19-13-5-3-4-11-6-7-20(16(21)22)9-12(11)13/h3-5,8,10,19H,6-7,9H2,1-2H3,(H,17,18)(H,21,22). The second-order valence-electron chi connectivity index (χ2n) is 6.31. The number of sulfonamides is 1. The number of amides is 1. The predicted molar refractivity (Wildman–Crippen MR) is 92.1 cm³/mol. The van der Waals surface area contributed by atoms with Crippen molar-refractivity contribution in [3.8, 4) is 0 Å². The average molecular weight is 364 g/mol. The summed E-state index contributed by atoms with van der Waals surface area (Å²) in [5, 5.41) is 15.7. The van der Waals surface area contributed by atoms with E-state index in [1.54, 1.807) is 12.1 Å². The number of H-pyrrole nitrogens is 1. The van der Waals surface area contributed by atoms with Crippen LogP contribution in [0.15, 0.2) is 29.3 Å². The summed E-state index contributed by atoms with van der Waals surface area (Å²) < 4.78 is 27.8. The molecule has 8 nitrogen and oxygen atoms in total. The molecule has 0 unspecified atom stereocenters. The Bertz CT molecular complexity index is 905. The molecule has 0 radical (unpaired) electrons. The third-order valence-corrected chi connectivity index (χ3v) is 5.52. The van der Waals surface area contributed by atoms with Gasteiger partial charge in [-0.15, -0.1) is 0 Å². The summed E-state index contributed by atoms with van der Waals surface area (Å²) in [7, 11) is -3.83. The van der Waals surface area contributed by atoms with Gasteiger partial charge >= 0.3 is 6.09 Å². The van der Waals surface area contributed by atoms with Crippen molar-refractivity contribution in [2.45, 2.75) is 37.8 Å². The minimum Gasteiger partial charge on any atom is -0.465 e. The fraction of sp³-hybridized carbons (Fsp3) is 0.375. The number of carbonyl (C=O) groups is 1. The van der Waals surface area contributed by atoms with Crippen LogP contribution < -0.4 is 4.72 Å². The minimum atomic E-state index is -3.83. The van der Waals surface area contributed by atoms with E-state index >= 15 is 0 Å². The first-order valence-electron chi connectivity index (χ1n) is 7.94. The van der Waals surface area contributed by atoms with Crippen LogP contribution in [0.2, 0.25) is 0 Å². The van der Waals surface area contributed by atoms with Gasteiger partial charge in [-0.05, 0) is 29.5 Å². The molecular formula is C16H20N4O4S. The van der Waals surface area contributed by atoms with Gasteiger partial charge in [0.05, 0.1) is 17.9 Å². The molecule has 1 aromatic carbocycles. The van der Waals surface area contributed by atoms with Gasteiger partial charge in [0.25, 0.3) is 10.0 Å². The molecule has 0 aliphatic carbocycles. The zero-order valence-electron chi connectivity index (χ0n) is 14.0. The Kier molecular flexibility index (Phi) is 4.42. The highest BCUT2D eigenvalue weighted by molar-refractivity contribution is 7.92. The topological polar surface area (TPSA) is 115 Å². The molecule has 9 heteroatoms. The maximum absolute atomic E-state index is 12.6. The second kappa shape index (κ2) is 6.40. The van der Waals surface area contributed by atoms with E-state index in [1.807, 2.05) is 19.9 Å². The summed E-state index contributed by atoms with van der Waals surface area (Å²) in [5.41, 5.74) is 2.69. The molecule has 0 fully saturated rings. The lowest BCUT2D eigenvalue weighted by Gasteiger charge is -2.28. The van der Waals surface area contributed by atoms with Gasteiger partial charge in [-0.2, -0.15) is 13.5 Å². The third-order valence-electron chi connectivity index (χ3n) is 4.24. The molecule has 2 aromatic rings. The normalized spacial score (nSPS) is 14.4. The molecule has 0 bridgehead atoms. The first-order valence-corrected chi connectivity index (χ1v) is 9.43. The Balaban J connectivity index is 1.91. The van der Waals surface area contributed by atoms with Gasteiger partial charge in [0, 0.05) is 12.6 Å². The number of hydrogen-bond donors (Lipinski definition) is 3. The molecule has 1 aromatic heterocycles. The van der Waals surface area contributed by atoms with Gasteiger partial charge in [-0.1, -0.05) is 26.0 Å². The Hall–Kier alpha value is -2.55. The summed E-state index contributed by atoms with van der Waals surface area (Å²) in [4.78, 5) is 12.5. The average Bonchev–Trinajstić information content (AvgIpc) is 3.05. The van der Waals surface area contributed by atoms with Crippen LogP contribution in [0.1, 0.15) is 36.6 Å². The SMILES string of the molecule is CC(C)c1cc(S(=O)(=O)Nc2cccc3c2CN(C(=O)O)CC3)[nH]n1. The Morgan fingerprint density at radius 1 is 1.40 bits per heavy atom. The number of benzene rings is 1. The van der Waals surface area contributed by atoms with E-state index < -0.39 is 16.1 Å². The fourth-order valence-electron chi connectivity index (χ4n) is 2.79. The van der Waals surface area contributed by atoms with Gasteiger partial charge in [-0.3, -0.25) is 9.82 Å². The van der Waals surface area contributed by atoms with Gasteiger partial charge in [0.2, 0.25) is 0 Å². The van der Waals surface area contributed by atoms with Crippen molar-refractivity contribution in [2.75, 3.05) is 11.3 Å². The molecular weight excluding hydrogens is 344 g/mol. The first-order chi connectivity index (χ1) is 11.8. The molecule has 1 amide bonds. The molecule has 1 aliphatic rings. The molecule has 25 heavy (non-hydrogen) atoms. The number of fused-ring (bicyclic) bond motifs is 1. The molecule has 3 rings (SSSR count). The highest BCUT2D eigenvalue weighted by Crippen LogP contribution is 2.28. The Labute approximate surface area is 145 Å². The predicted octanol–water partition coefficient (Wildman–Crippen LogP) is 2.37. The number of carboxylic acid groups (broad SMARTS) is 1. The van der Waals surface area contributed by atoms with Gasteiger partial charge in [0.1, 0.15) is 0 Å². The van der Waals surface area contributed by atoms with Gasteiger partial charge in [0.15, 0.2) is 5.03 Å². The molecule has 3 N–H and O–H groups in total. The quantitative estimate of drug-likeness (QED) is 0.770. The minimum absolute atomic E-state index is 0.0142. The van der Waals surface area contributed by atoms with Crippen molar-refractivity contribution < 1.29 is 18.3 Å². The molecule has 0 spiro atoms. The summed E-state index contributed by atoms with van der Waals surface area (Å²) in [5.74, 6) is 0.105. The van der Waals surface area contributed by atoms with E-state index in [0.29, 0.717) is 29.9 Å². The van der Waals surface area contributed by atoms with Crippen LogP contribution in [-0.4, -0.2) is 41.3 Å². The van der Waals surface area contributed by atoms with Crippen molar-refractivity contribution in [3.05, 3.63) is 41.1 Å². The molecule has 0 saturated carbocycles. The Morgan fingerprint density at radius 3 is 2.80 bits per heavy atom. The smallest absolute Gasteiger partial charge is 0.407 e. The molecule has 0 saturated heterocycles. The summed E-state index contributed by atoms with van der Waals surface area (Å²) in [6, 6.07) is 6.80. The van der Waals surface area contributed by atoms with Crippen LogP contribution in [0.3, 0.4) is 0 Å². The van der Waals surface area contributed by atoms with Crippen LogP contribution in [0, 0.1) is 0 Å². The lowest BCUT2D eigenvalue weighted by Crippen LogP contribution is -2.35. The number of aromatic nitrogens is 2. The highest BCUT2D eigenvalue weighted by atomic mass is 32.2. The number of nitrogens with zero attached hydrogens (tertiary/aromatic N) is 2. The zero-order chi connectivity index (χ0) is 18.2. The fourth-order valence-corrected chi connectivity index (χ4v) is 3.82. The van der Waals surface area contributed by atoms with E-state index in [4.69, 9.17) is 0 Å².